The van der Waals surface area contributed by atoms with Gasteiger partial charge in [-0.05, 0) is 27.2 Å². The van der Waals surface area contributed by atoms with Crippen molar-refractivity contribution in [3.05, 3.63) is 23.5 Å². The molecule has 0 saturated heterocycles. The van der Waals surface area contributed by atoms with Crippen molar-refractivity contribution < 1.29 is 53.9 Å². The highest BCUT2D eigenvalue weighted by molar-refractivity contribution is 5.83. The van der Waals surface area contributed by atoms with E-state index in [1.54, 1.807) is 20.8 Å². The average Bonchev–Trinajstić information content (AvgIpc) is 2.65. The highest BCUT2D eigenvalue weighted by atomic mass is 16.6. The first-order chi connectivity index (χ1) is 15.2. The Morgan fingerprint density at radius 1 is 0.879 bits per heavy atom. The Bertz CT molecular complexity index is 852. The zero-order valence-corrected chi connectivity index (χ0v) is 18.4. The highest BCUT2D eigenvalue weighted by Crippen LogP contribution is 2.28. The Morgan fingerprint density at radius 3 is 1.70 bits per heavy atom. The molecule has 1 heterocycles. The third-order valence-electron chi connectivity index (χ3n) is 4.12. The summed E-state index contributed by atoms with van der Waals surface area (Å²) in [7, 11) is 0. The van der Waals surface area contributed by atoms with Gasteiger partial charge in [0.25, 0.3) is 0 Å². The molecule has 33 heavy (non-hydrogen) atoms. The van der Waals surface area contributed by atoms with E-state index in [2.05, 4.69) is 4.98 Å². The lowest BCUT2D eigenvalue weighted by molar-refractivity contribution is -0.155. The van der Waals surface area contributed by atoms with Gasteiger partial charge < -0.3 is 29.9 Å². The van der Waals surface area contributed by atoms with Gasteiger partial charge in [0.2, 0.25) is 0 Å². The van der Waals surface area contributed by atoms with E-state index in [4.69, 9.17) is 19.7 Å². The number of aliphatic carboxylic acids is 4. The topological polar surface area (TPSA) is 198 Å². The Hall–Kier alpha value is -3.70. The largest absolute Gasteiger partial charge is 0.493 e. The summed E-state index contributed by atoms with van der Waals surface area (Å²) in [4.78, 5) is 61.0. The number of carbonyl (C=O) groups excluding carboxylic acids is 1. The van der Waals surface area contributed by atoms with Gasteiger partial charge in [0.15, 0.2) is 0 Å². The normalized spacial score (nSPS) is 12.9. The maximum absolute atomic E-state index is 11.8. The van der Waals surface area contributed by atoms with Crippen molar-refractivity contribution in [1.82, 2.24) is 4.98 Å². The molecule has 182 valence electrons. The lowest BCUT2D eigenvalue weighted by Gasteiger charge is -2.19. The lowest BCUT2D eigenvalue weighted by Crippen LogP contribution is -2.24. The Balaban J connectivity index is 3.18. The predicted molar refractivity (Wildman–Crippen MR) is 110 cm³/mol. The predicted octanol–water partition coefficient (Wildman–Crippen LogP) is 1.87. The SMILES string of the molecule is CC(C)(C)OC(=O)CCCOc1cc(C(CC(=O)O)C(=O)O)nc(C(CC(=O)O)C(=O)O)c1. The smallest absolute Gasteiger partial charge is 0.313 e. The van der Waals surface area contributed by atoms with Gasteiger partial charge >= 0.3 is 29.8 Å². The maximum Gasteiger partial charge on any atom is 0.313 e. The summed E-state index contributed by atoms with van der Waals surface area (Å²) in [6.07, 6.45) is -1.42. The molecule has 0 amide bonds. The minimum atomic E-state index is -1.62. The first kappa shape index (κ1) is 27.3. The zero-order chi connectivity index (χ0) is 25.3. The van der Waals surface area contributed by atoms with Crippen LogP contribution >= 0.6 is 0 Å². The number of hydrogen-bond donors (Lipinski definition) is 4. The summed E-state index contributed by atoms with van der Waals surface area (Å²) in [5, 5.41) is 36.9. The van der Waals surface area contributed by atoms with E-state index in [9.17, 15) is 34.2 Å². The molecule has 2 atom stereocenters. The molecule has 0 radical (unpaired) electrons. The Kier molecular flexibility index (Phi) is 9.76. The molecule has 12 heteroatoms. The summed E-state index contributed by atoms with van der Waals surface area (Å²) in [5.74, 6) is -9.60. The van der Waals surface area contributed by atoms with Crippen molar-refractivity contribution in [3.8, 4) is 5.75 Å². The van der Waals surface area contributed by atoms with E-state index in [1.807, 2.05) is 0 Å². The second-order valence-corrected chi connectivity index (χ2v) is 8.17. The van der Waals surface area contributed by atoms with E-state index >= 15 is 0 Å². The van der Waals surface area contributed by atoms with Crippen molar-refractivity contribution in [2.45, 2.75) is 63.9 Å². The molecule has 0 fully saturated rings. The molecule has 1 rings (SSSR count). The first-order valence-corrected chi connectivity index (χ1v) is 9.95. The fourth-order valence-electron chi connectivity index (χ4n) is 2.77. The van der Waals surface area contributed by atoms with Crippen molar-refractivity contribution >= 4 is 29.8 Å². The van der Waals surface area contributed by atoms with Gasteiger partial charge in [0, 0.05) is 18.6 Å². The van der Waals surface area contributed by atoms with Crippen LogP contribution in [-0.4, -0.2) is 67.5 Å². The number of carboxylic acids is 4. The molecule has 0 spiro atoms. The van der Waals surface area contributed by atoms with Crippen LogP contribution in [0.4, 0.5) is 0 Å². The average molecular weight is 469 g/mol. The Labute approximate surface area is 189 Å². The van der Waals surface area contributed by atoms with Crippen molar-refractivity contribution in [2.24, 2.45) is 0 Å². The molecule has 0 aromatic carbocycles. The first-order valence-electron chi connectivity index (χ1n) is 9.95. The number of nitrogens with zero attached hydrogens (tertiary/aromatic N) is 1. The summed E-state index contributed by atoms with van der Waals surface area (Å²) in [6, 6.07) is 2.30. The summed E-state index contributed by atoms with van der Waals surface area (Å²) in [5.41, 5.74) is -1.24. The van der Waals surface area contributed by atoms with E-state index in [0.717, 1.165) is 12.1 Å². The van der Waals surface area contributed by atoms with E-state index in [1.165, 1.54) is 0 Å². The van der Waals surface area contributed by atoms with Crippen LogP contribution in [-0.2, 0) is 28.7 Å². The minimum absolute atomic E-state index is 0.0234. The Morgan fingerprint density at radius 2 is 1.33 bits per heavy atom. The number of rotatable bonds is 13. The van der Waals surface area contributed by atoms with Gasteiger partial charge in [0.05, 0.1) is 30.8 Å². The van der Waals surface area contributed by atoms with E-state index in [0.29, 0.717) is 0 Å². The summed E-state index contributed by atoms with van der Waals surface area (Å²) >= 11 is 0. The van der Waals surface area contributed by atoms with Gasteiger partial charge in [0.1, 0.15) is 23.2 Å². The van der Waals surface area contributed by atoms with Gasteiger partial charge in [-0.25, -0.2) is 0 Å². The molecule has 0 bridgehead atoms. The fraction of sp³-hybridized carbons (Fsp3) is 0.524. The molecule has 2 unspecified atom stereocenters. The van der Waals surface area contributed by atoms with E-state index in [-0.39, 0.29) is 36.6 Å². The van der Waals surface area contributed by atoms with E-state index < -0.39 is 60.1 Å². The molecule has 12 nitrogen and oxygen atoms in total. The summed E-state index contributed by atoms with van der Waals surface area (Å²) in [6.45, 7) is 5.11. The molecule has 1 aromatic heterocycles. The molecule has 0 aliphatic rings. The molecule has 0 saturated carbocycles. The van der Waals surface area contributed by atoms with Crippen LogP contribution in [0.25, 0.3) is 0 Å². The second kappa shape index (κ2) is 11.8. The maximum atomic E-state index is 11.8. The van der Waals surface area contributed by atoms with Crippen molar-refractivity contribution in [1.29, 1.82) is 0 Å². The van der Waals surface area contributed by atoms with Crippen LogP contribution in [0.3, 0.4) is 0 Å². The lowest BCUT2D eigenvalue weighted by atomic mass is 9.96. The van der Waals surface area contributed by atoms with Gasteiger partial charge in [-0.15, -0.1) is 0 Å². The van der Waals surface area contributed by atoms with Crippen molar-refractivity contribution in [2.75, 3.05) is 6.61 Å². The number of carboxylic acid groups (broad SMARTS) is 4. The van der Waals surface area contributed by atoms with Crippen LogP contribution < -0.4 is 4.74 Å². The molecular formula is C21H27NO11. The van der Waals surface area contributed by atoms with Crippen molar-refractivity contribution in [3.63, 3.8) is 0 Å². The molecule has 0 aliphatic carbocycles. The fourth-order valence-corrected chi connectivity index (χ4v) is 2.77. The summed E-state index contributed by atoms with van der Waals surface area (Å²) < 4.78 is 10.7. The van der Waals surface area contributed by atoms with Crippen LogP contribution in [0.2, 0.25) is 0 Å². The standard InChI is InChI=1S/C21H27NO11/c1-21(2,3)33-18(27)5-4-6-32-11-7-14(12(19(28)29)9-16(23)24)22-15(8-11)13(20(30)31)10-17(25)26/h7-8,12-13H,4-6,9-10H2,1-3H3,(H,23,24)(H,25,26)(H,28,29)(H,30,31). The quantitative estimate of drug-likeness (QED) is 0.242. The zero-order valence-electron chi connectivity index (χ0n) is 18.4. The van der Waals surface area contributed by atoms with Crippen LogP contribution in [0.5, 0.6) is 5.75 Å². The molecular weight excluding hydrogens is 442 g/mol. The van der Waals surface area contributed by atoms with Crippen LogP contribution in [0.15, 0.2) is 12.1 Å². The third-order valence-corrected chi connectivity index (χ3v) is 4.12. The minimum Gasteiger partial charge on any atom is -0.493 e. The third kappa shape index (κ3) is 9.97. The number of pyridine rings is 1. The highest BCUT2D eigenvalue weighted by Gasteiger charge is 2.30. The second-order valence-electron chi connectivity index (χ2n) is 8.17. The van der Waals surface area contributed by atoms with Crippen LogP contribution in [0, 0.1) is 0 Å². The monoisotopic (exact) mass is 469 g/mol. The number of aromatic nitrogens is 1. The number of ether oxygens (including phenoxy) is 2. The molecule has 0 aliphatic heterocycles. The van der Waals surface area contributed by atoms with Gasteiger partial charge in [-0.2, -0.15) is 0 Å². The molecule has 4 N–H and O–H groups in total. The number of carbonyl (C=O) groups is 5. The number of hydrogen-bond acceptors (Lipinski definition) is 8. The van der Waals surface area contributed by atoms with Gasteiger partial charge in [-0.1, -0.05) is 0 Å². The van der Waals surface area contributed by atoms with Gasteiger partial charge in [-0.3, -0.25) is 29.0 Å². The van der Waals surface area contributed by atoms with Crippen LogP contribution in [0.1, 0.15) is 69.7 Å². The number of esters is 1. The molecule has 1 aromatic rings.